The molecule has 0 radical (unpaired) electrons. The molecule has 110 valence electrons. The number of aliphatic hydroxyl groups is 2. The van der Waals surface area contributed by atoms with E-state index in [2.05, 4.69) is 13.8 Å². The fraction of sp³-hybridized carbons (Fsp3) is 1.00. The molecule has 0 aliphatic heterocycles. The first kappa shape index (κ1) is 17.9. The van der Waals surface area contributed by atoms with Gasteiger partial charge in [0.2, 0.25) is 0 Å². The van der Waals surface area contributed by atoms with Crippen LogP contribution in [-0.4, -0.2) is 22.4 Å². The van der Waals surface area contributed by atoms with Gasteiger partial charge in [-0.2, -0.15) is 0 Å². The molecule has 0 saturated heterocycles. The summed E-state index contributed by atoms with van der Waals surface area (Å²) in [5, 5.41) is 19.0. The lowest BCUT2D eigenvalue weighted by atomic mass is 9.89. The van der Waals surface area contributed by atoms with E-state index in [1.807, 2.05) is 0 Å². The van der Waals surface area contributed by atoms with E-state index in [1.54, 1.807) is 6.92 Å². The van der Waals surface area contributed by atoms with Crippen LogP contribution in [0.3, 0.4) is 0 Å². The second kappa shape index (κ2) is 12.0. The van der Waals surface area contributed by atoms with Crippen LogP contribution in [0.25, 0.3) is 0 Å². The Hall–Kier alpha value is -0.0800. The molecule has 0 aromatic rings. The van der Waals surface area contributed by atoms with Gasteiger partial charge in [-0.15, -0.1) is 0 Å². The zero-order valence-electron chi connectivity index (χ0n) is 12.7. The summed E-state index contributed by atoms with van der Waals surface area (Å²) in [6, 6.07) is 0. The highest BCUT2D eigenvalue weighted by Gasteiger charge is 2.14. The van der Waals surface area contributed by atoms with Crippen molar-refractivity contribution in [2.75, 3.05) is 0 Å². The van der Waals surface area contributed by atoms with Gasteiger partial charge >= 0.3 is 0 Å². The molecular formula is C16H34O2. The van der Waals surface area contributed by atoms with E-state index in [0.717, 1.165) is 18.8 Å². The first-order valence-electron chi connectivity index (χ1n) is 7.97. The molecule has 18 heavy (non-hydrogen) atoms. The Morgan fingerprint density at radius 2 is 1.33 bits per heavy atom. The molecular weight excluding hydrogens is 224 g/mol. The van der Waals surface area contributed by atoms with Crippen LogP contribution in [0.5, 0.6) is 0 Å². The van der Waals surface area contributed by atoms with Crippen molar-refractivity contribution < 1.29 is 10.2 Å². The molecule has 0 aliphatic carbocycles. The van der Waals surface area contributed by atoms with Crippen molar-refractivity contribution in [1.82, 2.24) is 0 Å². The van der Waals surface area contributed by atoms with Crippen LogP contribution in [0, 0.1) is 5.92 Å². The topological polar surface area (TPSA) is 40.5 Å². The average Bonchev–Trinajstić information content (AvgIpc) is 2.36. The molecule has 3 unspecified atom stereocenters. The van der Waals surface area contributed by atoms with E-state index < -0.39 is 12.2 Å². The van der Waals surface area contributed by atoms with Gasteiger partial charge in [0.05, 0.1) is 12.2 Å². The molecule has 3 atom stereocenters. The molecule has 0 amide bonds. The minimum Gasteiger partial charge on any atom is -0.391 e. The van der Waals surface area contributed by atoms with E-state index in [4.69, 9.17) is 0 Å². The second-order valence-corrected chi connectivity index (χ2v) is 5.74. The number of hydrogen-bond acceptors (Lipinski definition) is 2. The van der Waals surface area contributed by atoms with Gasteiger partial charge in [0.25, 0.3) is 0 Å². The number of unbranched alkanes of at least 4 members (excludes halogenated alkanes) is 4. The summed E-state index contributed by atoms with van der Waals surface area (Å²) in [6.45, 7) is 6.15. The van der Waals surface area contributed by atoms with Crippen LogP contribution < -0.4 is 0 Å². The Morgan fingerprint density at radius 1 is 0.722 bits per heavy atom. The van der Waals surface area contributed by atoms with Crippen molar-refractivity contribution in [3.8, 4) is 0 Å². The molecule has 0 spiro atoms. The largest absolute Gasteiger partial charge is 0.391 e. The van der Waals surface area contributed by atoms with Crippen molar-refractivity contribution >= 4 is 0 Å². The summed E-state index contributed by atoms with van der Waals surface area (Å²) in [5.74, 6) is 0.746. The smallest absolute Gasteiger partial charge is 0.0796 e. The summed E-state index contributed by atoms with van der Waals surface area (Å²) < 4.78 is 0. The highest BCUT2D eigenvalue weighted by Crippen LogP contribution is 2.23. The van der Waals surface area contributed by atoms with Gasteiger partial charge in [0, 0.05) is 0 Å². The zero-order chi connectivity index (χ0) is 13.8. The lowest BCUT2D eigenvalue weighted by Crippen LogP contribution is -2.23. The Balaban J connectivity index is 3.82. The summed E-state index contributed by atoms with van der Waals surface area (Å²) in [4.78, 5) is 0. The van der Waals surface area contributed by atoms with Crippen LogP contribution >= 0.6 is 0 Å². The van der Waals surface area contributed by atoms with Crippen LogP contribution in [0.4, 0.5) is 0 Å². The van der Waals surface area contributed by atoms with Crippen molar-refractivity contribution in [1.29, 1.82) is 0 Å². The molecule has 0 aromatic carbocycles. The minimum atomic E-state index is -0.586. The summed E-state index contributed by atoms with van der Waals surface area (Å²) in [7, 11) is 0. The minimum absolute atomic E-state index is 0.537. The van der Waals surface area contributed by atoms with Crippen LogP contribution in [0.2, 0.25) is 0 Å². The third-order valence-corrected chi connectivity index (χ3v) is 3.86. The van der Waals surface area contributed by atoms with E-state index in [1.165, 1.54) is 51.4 Å². The van der Waals surface area contributed by atoms with Gasteiger partial charge in [0.15, 0.2) is 0 Å². The van der Waals surface area contributed by atoms with Crippen LogP contribution in [0.1, 0.15) is 85.0 Å². The van der Waals surface area contributed by atoms with Gasteiger partial charge in [-0.3, -0.25) is 0 Å². The molecule has 0 bridgehead atoms. The summed E-state index contributed by atoms with van der Waals surface area (Å²) in [6.07, 6.45) is 11.1. The fourth-order valence-corrected chi connectivity index (χ4v) is 2.43. The molecule has 0 saturated carbocycles. The average molecular weight is 258 g/mol. The molecule has 2 N–H and O–H groups in total. The van der Waals surface area contributed by atoms with Crippen molar-refractivity contribution in [3.05, 3.63) is 0 Å². The van der Waals surface area contributed by atoms with Gasteiger partial charge < -0.3 is 10.2 Å². The van der Waals surface area contributed by atoms with Crippen molar-refractivity contribution in [3.63, 3.8) is 0 Å². The first-order valence-corrected chi connectivity index (χ1v) is 7.97. The summed E-state index contributed by atoms with van der Waals surface area (Å²) in [5.41, 5.74) is 0. The maximum Gasteiger partial charge on any atom is 0.0796 e. The molecule has 0 heterocycles. The van der Waals surface area contributed by atoms with E-state index in [0.29, 0.717) is 0 Å². The van der Waals surface area contributed by atoms with Crippen LogP contribution in [-0.2, 0) is 0 Å². The van der Waals surface area contributed by atoms with Gasteiger partial charge in [-0.25, -0.2) is 0 Å². The third kappa shape index (κ3) is 9.90. The lowest BCUT2D eigenvalue weighted by Gasteiger charge is -2.20. The quantitative estimate of drug-likeness (QED) is 0.513. The highest BCUT2D eigenvalue weighted by molar-refractivity contribution is 4.67. The molecule has 2 nitrogen and oxygen atoms in total. The zero-order valence-corrected chi connectivity index (χ0v) is 12.7. The molecule has 0 rings (SSSR count). The Bertz CT molecular complexity index is 168. The lowest BCUT2D eigenvalue weighted by molar-refractivity contribution is 0.0217. The standard InChI is InChI=1S/C16H34O2/c1-4-6-8-9-11-15(10-7-5-2)12-13-16(18)14(3)17/h14-18H,4-13H2,1-3H3. The van der Waals surface area contributed by atoms with Crippen LogP contribution in [0.15, 0.2) is 0 Å². The Kier molecular flexibility index (Phi) is 11.9. The highest BCUT2D eigenvalue weighted by atomic mass is 16.3. The fourth-order valence-electron chi connectivity index (χ4n) is 2.43. The van der Waals surface area contributed by atoms with Gasteiger partial charge in [0.1, 0.15) is 0 Å². The molecule has 0 fully saturated rings. The Morgan fingerprint density at radius 3 is 1.89 bits per heavy atom. The predicted octanol–water partition coefficient (Wildman–Crippen LogP) is 4.29. The third-order valence-electron chi connectivity index (χ3n) is 3.86. The first-order chi connectivity index (χ1) is 8.61. The Labute approximate surface area is 114 Å². The number of aliphatic hydroxyl groups excluding tert-OH is 2. The second-order valence-electron chi connectivity index (χ2n) is 5.74. The predicted molar refractivity (Wildman–Crippen MR) is 78.7 cm³/mol. The number of hydrogen-bond donors (Lipinski definition) is 2. The van der Waals surface area contributed by atoms with Crippen molar-refractivity contribution in [2.24, 2.45) is 5.92 Å². The van der Waals surface area contributed by atoms with Gasteiger partial charge in [-0.05, 0) is 25.7 Å². The van der Waals surface area contributed by atoms with Gasteiger partial charge in [-0.1, -0.05) is 65.2 Å². The molecule has 0 aliphatic rings. The maximum atomic E-state index is 9.66. The van der Waals surface area contributed by atoms with E-state index in [9.17, 15) is 10.2 Å². The molecule has 2 heteroatoms. The maximum absolute atomic E-state index is 9.66. The SMILES string of the molecule is CCCCCCC(CCCC)CCC(O)C(C)O. The molecule has 0 aromatic heterocycles. The normalized spacial score (nSPS) is 16.5. The summed E-state index contributed by atoms with van der Waals surface area (Å²) >= 11 is 0. The van der Waals surface area contributed by atoms with E-state index in [-0.39, 0.29) is 0 Å². The monoisotopic (exact) mass is 258 g/mol. The van der Waals surface area contributed by atoms with Crippen molar-refractivity contribution in [2.45, 2.75) is 97.2 Å². The number of rotatable bonds is 12. The van der Waals surface area contributed by atoms with E-state index >= 15 is 0 Å².